The van der Waals surface area contributed by atoms with Gasteiger partial charge in [-0.25, -0.2) is 0 Å². The number of rotatable bonds is 2. The van der Waals surface area contributed by atoms with Crippen LogP contribution in [0.25, 0.3) is 10.9 Å². The first-order valence-corrected chi connectivity index (χ1v) is 8.24. The van der Waals surface area contributed by atoms with Gasteiger partial charge in [0, 0.05) is 17.1 Å². The molecule has 0 saturated carbocycles. The number of hydrogen-bond acceptors (Lipinski definition) is 3. The Balaban J connectivity index is 1.87. The van der Waals surface area contributed by atoms with Gasteiger partial charge in [0.05, 0.1) is 5.52 Å². The first-order chi connectivity index (χ1) is 12.0. The average Bonchev–Trinajstić information content (AvgIpc) is 2.92. The number of nitrogens with one attached hydrogen (secondary N) is 1. The van der Waals surface area contributed by atoms with Crippen molar-refractivity contribution in [2.24, 2.45) is 0 Å². The molecule has 1 aliphatic rings. The standard InChI is InChI=1S/C20H18N2O3/c1-11-6-8-14(9-7-11)21-19(24)16-18(23)15-5-3-4-13-10-12(2)22(17(13)15)20(16)25/h3-9,12,23H,10H2,1-2H3,(H,21,24)/t12-/m0/s1. The van der Waals surface area contributed by atoms with Crippen LogP contribution in [0, 0.1) is 6.92 Å². The Morgan fingerprint density at radius 1 is 1.20 bits per heavy atom. The number of aryl methyl sites for hydroxylation is 1. The molecule has 0 saturated heterocycles. The van der Waals surface area contributed by atoms with Crippen LogP contribution < -0.4 is 10.9 Å². The Bertz CT molecular complexity index is 1060. The molecule has 126 valence electrons. The summed E-state index contributed by atoms with van der Waals surface area (Å²) in [6.07, 6.45) is 0.717. The smallest absolute Gasteiger partial charge is 0.268 e. The maximum Gasteiger partial charge on any atom is 0.268 e. The normalized spacial score (nSPS) is 15.5. The summed E-state index contributed by atoms with van der Waals surface area (Å²) in [5, 5.41) is 13.9. The van der Waals surface area contributed by atoms with Crippen molar-refractivity contribution in [3.8, 4) is 5.75 Å². The minimum Gasteiger partial charge on any atom is -0.506 e. The van der Waals surface area contributed by atoms with E-state index in [0.29, 0.717) is 11.1 Å². The van der Waals surface area contributed by atoms with Crippen molar-refractivity contribution in [1.82, 2.24) is 4.57 Å². The molecule has 2 N–H and O–H groups in total. The molecule has 0 fully saturated rings. The van der Waals surface area contributed by atoms with Crippen molar-refractivity contribution in [3.63, 3.8) is 0 Å². The first kappa shape index (κ1) is 15.4. The van der Waals surface area contributed by atoms with Crippen LogP contribution in [-0.2, 0) is 6.42 Å². The van der Waals surface area contributed by atoms with Crippen LogP contribution in [0.5, 0.6) is 5.75 Å². The zero-order valence-corrected chi connectivity index (χ0v) is 14.0. The van der Waals surface area contributed by atoms with Crippen molar-refractivity contribution in [1.29, 1.82) is 0 Å². The fourth-order valence-electron chi connectivity index (χ4n) is 3.55. The summed E-state index contributed by atoms with van der Waals surface area (Å²) in [6, 6.07) is 12.8. The van der Waals surface area contributed by atoms with Crippen molar-refractivity contribution >= 4 is 22.5 Å². The SMILES string of the molecule is Cc1ccc(NC(=O)c2c(O)c3cccc4c3n(c2=O)[C@@H](C)C4)cc1. The largest absolute Gasteiger partial charge is 0.506 e. The highest BCUT2D eigenvalue weighted by Gasteiger charge is 2.29. The molecule has 1 amide bonds. The van der Waals surface area contributed by atoms with E-state index in [-0.39, 0.29) is 17.4 Å². The van der Waals surface area contributed by atoms with Crippen LogP contribution in [0.2, 0.25) is 0 Å². The Hall–Kier alpha value is -3.08. The fourth-order valence-corrected chi connectivity index (χ4v) is 3.55. The molecule has 2 heterocycles. The van der Waals surface area contributed by atoms with E-state index in [4.69, 9.17) is 0 Å². The molecular weight excluding hydrogens is 316 g/mol. The van der Waals surface area contributed by atoms with Gasteiger partial charge in [-0.15, -0.1) is 0 Å². The number of carbonyl (C=O) groups is 1. The monoisotopic (exact) mass is 334 g/mol. The highest BCUT2D eigenvalue weighted by Crippen LogP contribution is 2.36. The van der Waals surface area contributed by atoms with Gasteiger partial charge in [0.15, 0.2) is 0 Å². The van der Waals surface area contributed by atoms with Crippen LogP contribution in [-0.4, -0.2) is 15.6 Å². The zero-order chi connectivity index (χ0) is 17.7. The summed E-state index contributed by atoms with van der Waals surface area (Å²) < 4.78 is 1.62. The number of benzene rings is 2. The maximum atomic E-state index is 12.9. The van der Waals surface area contributed by atoms with E-state index < -0.39 is 11.5 Å². The van der Waals surface area contributed by atoms with Crippen LogP contribution in [0.4, 0.5) is 5.69 Å². The number of nitrogens with zero attached hydrogens (tertiary/aromatic N) is 1. The van der Waals surface area contributed by atoms with Crippen molar-refractivity contribution in [3.05, 3.63) is 69.5 Å². The van der Waals surface area contributed by atoms with Gasteiger partial charge in [-0.05, 0) is 44.0 Å². The van der Waals surface area contributed by atoms with E-state index in [1.54, 1.807) is 22.8 Å². The third-order valence-electron chi connectivity index (χ3n) is 4.78. The molecule has 1 aromatic heterocycles. The number of aromatic nitrogens is 1. The van der Waals surface area contributed by atoms with Gasteiger partial charge in [0.1, 0.15) is 11.3 Å². The third kappa shape index (κ3) is 2.31. The number of carbonyl (C=O) groups excluding carboxylic acids is 1. The minimum atomic E-state index is -0.596. The molecule has 0 aliphatic carbocycles. The van der Waals surface area contributed by atoms with Crippen LogP contribution in [0.15, 0.2) is 47.3 Å². The fraction of sp³-hybridized carbons (Fsp3) is 0.200. The molecule has 0 radical (unpaired) electrons. The van der Waals surface area contributed by atoms with Gasteiger partial charge in [0.2, 0.25) is 0 Å². The van der Waals surface area contributed by atoms with E-state index >= 15 is 0 Å². The number of hydrogen-bond donors (Lipinski definition) is 2. The predicted molar refractivity (Wildman–Crippen MR) is 97.4 cm³/mol. The second-order valence-electron chi connectivity index (χ2n) is 6.59. The molecule has 5 nitrogen and oxygen atoms in total. The molecule has 5 heteroatoms. The maximum absolute atomic E-state index is 12.9. The van der Waals surface area contributed by atoms with Gasteiger partial charge in [-0.2, -0.15) is 0 Å². The zero-order valence-electron chi connectivity index (χ0n) is 14.0. The van der Waals surface area contributed by atoms with Gasteiger partial charge in [-0.1, -0.05) is 29.8 Å². The number of para-hydroxylation sites is 1. The van der Waals surface area contributed by atoms with Crippen molar-refractivity contribution < 1.29 is 9.90 Å². The van der Waals surface area contributed by atoms with E-state index in [1.165, 1.54) is 0 Å². The van der Waals surface area contributed by atoms with Crippen LogP contribution in [0.1, 0.15) is 34.5 Å². The lowest BCUT2D eigenvalue weighted by Crippen LogP contribution is -2.30. The van der Waals surface area contributed by atoms with Gasteiger partial charge in [-0.3, -0.25) is 9.59 Å². The van der Waals surface area contributed by atoms with E-state index in [0.717, 1.165) is 23.1 Å². The van der Waals surface area contributed by atoms with Crippen LogP contribution >= 0.6 is 0 Å². The lowest BCUT2D eigenvalue weighted by atomic mass is 10.1. The molecule has 25 heavy (non-hydrogen) atoms. The third-order valence-corrected chi connectivity index (χ3v) is 4.78. The molecule has 1 aliphatic heterocycles. The second kappa shape index (κ2) is 5.48. The molecule has 0 unspecified atom stereocenters. The summed E-state index contributed by atoms with van der Waals surface area (Å²) >= 11 is 0. The lowest BCUT2D eigenvalue weighted by molar-refractivity contribution is 0.102. The lowest BCUT2D eigenvalue weighted by Gasteiger charge is -2.14. The van der Waals surface area contributed by atoms with E-state index in [1.807, 2.05) is 38.1 Å². The Morgan fingerprint density at radius 2 is 1.92 bits per heavy atom. The molecule has 3 aromatic rings. The molecule has 2 aromatic carbocycles. The topological polar surface area (TPSA) is 71.3 Å². The molecule has 4 rings (SSSR count). The summed E-state index contributed by atoms with van der Waals surface area (Å²) in [5.41, 5.74) is 2.73. The van der Waals surface area contributed by atoms with Crippen molar-refractivity contribution in [2.45, 2.75) is 26.3 Å². The summed E-state index contributed by atoms with van der Waals surface area (Å²) in [4.78, 5) is 25.6. The Labute approximate surface area is 144 Å². The Kier molecular flexibility index (Phi) is 3.39. The second-order valence-corrected chi connectivity index (χ2v) is 6.59. The summed E-state index contributed by atoms with van der Waals surface area (Å²) in [7, 11) is 0. The highest BCUT2D eigenvalue weighted by molar-refractivity contribution is 6.09. The van der Waals surface area contributed by atoms with Crippen LogP contribution in [0.3, 0.4) is 0 Å². The molecule has 0 spiro atoms. The van der Waals surface area contributed by atoms with Gasteiger partial charge in [0.25, 0.3) is 11.5 Å². The van der Waals surface area contributed by atoms with E-state index in [2.05, 4.69) is 5.32 Å². The average molecular weight is 334 g/mol. The number of pyridine rings is 1. The molecule has 1 atom stereocenters. The summed E-state index contributed by atoms with van der Waals surface area (Å²) in [6.45, 7) is 3.90. The Morgan fingerprint density at radius 3 is 2.64 bits per heavy atom. The number of aromatic hydroxyl groups is 1. The number of amides is 1. The predicted octanol–water partition coefficient (Wildman–Crippen LogP) is 3.38. The van der Waals surface area contributed by atoms with Gasteiger partial charge < -0.3 is 15.0 Å². The minimum absolute atomic E-state index is 0.0427. The molecular formula is C20H18N2O3. The first-order valence-electron chi connectivity index (χ1n) is 8.24. The quantitative estimate of drug-likeness (QED) is 0.755. The van der Waals surface area contributed by atoms with Crippen molar-refractivity contribution in [2.75, 3.05) is 5.32 Å². The number of anilines is 1. The molecule has 0 bridgehead atoms. The summed E-state index contributed by atoms with van der Waals surface area (Å²) in [5.74, 6) is -0.849. The highest BCUT2D eigenvalue weighted by atomic mass is 16.3. The van der Waals surface area contributed by atoms with E-state index in [9.17, 15) is 14.7 Å². The van der Waals surface area contributed by atoms with Gasteiger partial charge >= 0.3 is 0 Å².